The van der Waals surface area contributed by atoms with E-state index in [-0.39, 0.29) is 11.2 Å². The number of amides is 1. The van der Waals surface area contributed by atoms with Crippen molar-refractivity contribution in [2.45, 2.75) is 63.6 Å². The third kappa shape index (κ3) is 5.98. The maximum absolute atomic E-state index is 12.7. The number of aromatic nitrogens is 4. The van der Waals surface area contributed by atoms with Gasteiger partial charge < -0.3 is 25.3 Å². The second-order valence-electron chi connectivity index (χ2n) is 10.2. The molecule has 0 aliphatic carbocycles. The fourth-order valence-corrected chi connectivity index (χ4v) is 3.47. The van der Waals surface area contributed by atoms with Crippen LogP contribution in [0.2, 0.25) is 0 Å². The first kappa shape index (κ1) is 27.9. The van der Waals surface area contributed by atoms with E-state index in [2.05, 4.69) is 20.4 Å². The second-order valence-corrected chi connectivity index (χ2v) is 10.2. The number of nitrogens with one attached hydrogen (secondary N) is 2. The Bertz CT molecular complexity index is 1050. The molecule has 14 heteroatoms. The zero-order chi connectivity index (χ0) is 26.9. The number of rotatable bonds is 10. The Balaban J connectivity index is 1.64. The standard InChI is InChI=1S/C22H32BF3N7O3/c1-14(22(24,25)26)31-18(34)16-8-29-17(9-28-16)32-12-21(13-32,11-27-6)33-10-15(7-30-33)23-36-20(4,5)19(2,3)35/h7-10,14,27,35H,11-13H2,1-6H3,(H,31,34)/p+1/t14-/m0/s1. The Morgan fingerprint density at radius 2 is 1.89 bits per heavy atom. The lowest BCUT2D eigenvalue weighted by Crippen LogP contribution is -2.67. The summed E-state index contributed by atoms with van der Waals surface area (Å²) in [5.41, 5.74) is -1.29. The Labute approximate surface area is 208 Å². The van der Waals surface area contributed by atoms with Crippen LogP contribution in [-0.2, 0) is 10.2 Å². The minimum Gasteiger partial charge on any atom is -0.439 e. The van der Waals surface area contributed by atoms with Crippen LogP contribution in [-0.4, -0.2) is 88.3 Å². The summed E-state index contributed by atoms with van der Waals surface area (Å²) in [5, 5.41) is 17.8. The minimum absolute atomic E-state index is 0.192. The van der Waals surface area contributed by atoms with Crippen LogP contribution in [0.1, 0.15) is 45.1 Å². The number of hydrogen-bond donors (Lipinski definition) is 2. The number of likely N-dealkylation sites (N-methyl/N-ethyl adjacent to an activating group) is 1. The van der Waals surface area contributed by atoms with Crippen LogP contribution in [0.15, 0.2) is 24.8 Å². The van der Waals surface area contributed by atoms with Gasteiger partial charge in [0.15, 0.2) is 5.60 Å². The highest BCUT2D eigenvalue weighted by molar-refractivity contribution is 6.46. The molecule has 1 saturated heterocycles. The van der Waals surface area contributed by atoms with Crippen molar-refractivity contribution in [3.05, 3.63) is 30.5 Å². The lowest BCUT2D eigenvalue weighted by atomic mass is 9.84. The summed E-state index contributed by atoms with van der Waals surface area (Å²) in [5.74, 6) is -0.435. The number of anilines is 1. The van der Waals surface area contributed by atoms with Crippen molar-refractivity contribution in [1.82, 2.24) is 30.4 Å². The SMILES string of the molecule is CNCC1(n2cc([B]OC(C)(C)C(C)(C)[OH2+])cn2)CN(c2cnc(C(=O)N[C@@H](C)C(F)(F)F)cn2)C1. The Hall–Kier alpha value is -2.71. The normalized spacial score (nSPS) is 16.9. The lowest BCUT2D eigenvalue weighted by Gasteiger charge is -2.50. The van der Waals surface area contributed by atoms with Crippen molar-refractivity contribution in [3.8, 4) is 0 Å². The van der Waals surface area contributed by atoms with Gasteiger partial charge in [-0.05, 0) is 33.3 Å². The first-order valence-electron chi connectivity index (χ1n) is 11.5. The number of carbonyl (C=O) groups excluding carboxylic acids is 1. The Kier molecular flexibility index (Phi) is 7.73. The third-order valence-electron chi connectivity index (χ3n) is 6.59. The van der Waals surface area contributed by atoms with E-state index in [1.165, 1.54) is 12.4 Å². The molecule has 197 valence electrons. The fraction of sp³-hybridized carbons (Fsp3) is 0.636. The lowest BCUT2D eigenvalue weighted by molar-refractivity contribution is -0.149. The summed E-state index contributed by atoms with van der Waals surface area (Å²) in [6.45, 7) is 9.89. The van der Waals surface area contributed by atoms with Crippen LogP contribution in [0.5, 0.6) is 0 Å². The van der Waals surface area contributed by atoms with Crippen molar-refractivity contribution >= 4 is 24.7 Å². The van der Waals surface area contributed by atoms with Gasteiger partial charge in [0.25, 0.3) is 5.91 Å². The average Bonchev–Trinajstić information content (AvgIpc) is 3.22. The van der Waals surface area contributed by atoms with E-state index in [0.29, 0.717) is 25.5 Å². The zero-order valence-electron chi connectivity index (χ0n) is 21.3. The molecule has 36 heavy (non-hydrogen) atoms. The maximum Gasteiger partial charge on any atom is 0.408 e. The van der Waals surface area contributed by atoms with Gasteiger partial charge >= 0.3 is 13.7 Å². The predicted octanol–water partition coefficient (Wildman–Crippen LogP) is 0.332. The first-order valence-corrected chi connectivity index (χ1v) is 11.5. The fourth-order valence-electron chi connectivity index (χ4n) is 3.47. The highest BCUT2D eigenvalue weighted by Gasteiger charge is 2.46. The summed E-state index contributed by atoms with van der Waals surface area (Å²) in [6, 6.07) is -1.99. The molecule has 0 bridgehead atoms. The molecule has 0 unspecified atom stereocenters. The maximum atomic E-state index is 12.7. The smallest absolute Gasteiger partial charge is 0.408 e. The molecule has 1 atom stereocenters. The van der Waals surface area contributed by atoms with Gasteiger partial charge in [-0.3, -0.25) is 9.48 Å². The van der Waals surface area contributed by atoms with E-state index in [1.54, 1.807) is 27.5 Å². The summed E-state index contributed by atoms with van der Waals surface area (Å²) >= 11 is 0. The molecule has 2 aromatic heterocycles. The highest BCUT2D eigenvalue weighted by Crippen LogP contribution is 2.31. The van der Waals surface area contributed by atoms with E-state index < -0.39 is 29.3 Å². The van der Waals surface area contributed by atoms with Gasteiger partial charge in [-0.25, -0.2) is 9.97 Å². The quantitative estimate of drug-likeness (QED) is 0.349. The summed E-state index contributed by atoms with van der Waals surface area (Å²) in [7, 11) is 3.45. The van der Waals surface area contributed by atoms with E-state index in [0.717, 1.165) is 12.4 Å². The van der Waals surface area contributed by atoms with Crippen LogP contribution >= 0.6 is 0 Å². The molecule has 3 rings (SSSR count). The molecule has 4 N–H and O–H groups in total. The topological polar surface area (TPSA) is 120 Å². The molecular weight excluding hydrogens is 478 g/mol. The van der Waals surface area contributed by atoms with Crippen molar-refractivity contribution in [1.29, 1.82) is 0 Å². The highest BCUT2D eigenvalue weighted by atomic mass is 19.4. The summed E-state index contributed by atoms with van der Waals surface area (Å²) < 4.78 is 45.8. The van der Waals surface area contributed by atoms with Crippen molar-refractivity contribution < 1.29 is 27.7 Å². The number of hydrogen-bond acceptors (Lipinski definition) is 7. The van der Waals surface area contributed by atoms with Crippen LogP contribution in [0.4, 0.5) is 19.0 Å². The van der Waals surface area contributed by atoms with Crippen molar-refractivity contribution in [3.63, 3.8) is 0 Å². The molecule has 2 aromatic rings. The van der Waals surface area contributed by atoms with E-state index in [9.17, 15) is 18.0 Å². The molecule has 1 amide bonds. The van der Waals surface area contributed by atoms with Crippen LogP contribution in [0, 0.1) is 0 Å². The molecule has 1 aliphatic heterocycles. The minimum atomic E-state index is -4.54. The molecular formula is C22H33BF3N7O3+. The van der Waals surface area contributed by atoms with Crippen LogP contribution in [0.3, 0.4) is 0 Å². The monoisotopic (exact) mass is 511 g/mol. The largest absolute Gasteiger partial charge is 0.439 e. The molecule has 0 saturated carbocycles. The second kappa shape index (κ2) is 9.98. The van der Waals surface area contributed by atoms with Gasteiger partial charge in [0, 0.05) is 45.9 Å². The predicted molar refractivity (Wildman–Crippen MR) is 130 cm³/mol. The molecule has 1 aliphatic rings. The van der Waals surface area contributed by atoms with Crippen LogP contribution in [0.25, 0.3) is 0 Å². The molecule has 0 aromatic carbocycles. The van der Waals surface area contributed by atoms with Gasteiger partial charge in [0.1, 0.15) is 28.7 Å². The van der Waals surface area contributed by atoms with Gasteiger partial charge in [0.2, 0.25) is 0 Å². The molecule has 1 radical (unpaired) electrons. The zero-order valence-corrected chi connectivity index (χ0v) is 21.3. The van der Waals surface area contributed by atoms with E-state index in [4.69, 9.17) is 9.76 Å². The molecule has 10 nitrogen and oxygen atoms in total. The molecule has 0 spiro atoms. The first-order chi connectivity index (χ1) is 16.6. The van der Waals surface area contributed by atoms with Crippen molar-refractivity contribution in [2.75, 3.05) is 31.6 Å². The van der Waals surface area contributed by atoms with Gasteiger partial charge in [0.05, 0.1) is 12.4 Å². The van der Waals surface area contributed by atoms with Crippen molar-refractivity contribution in [2.24, 2.45) is 0 Å². The van der Waals surface area contributed by atoms with Gasteiger partial charge in [-0.2, -0.15) is 18.3 Å². The average molecular weight is 511 g/mol. The molecule has 1 fully saturated rings. The Morgan fingerprint density at radius 3 is 2.42 bits per heavy atom. The number of nitrogens with zero attached hydrogens (tertiary/aromatic N) is 5. The van der Waals surface area contributed by atoms with Gasteiger partial charge in [-0.1, -0.05) is 0 Å². The van der Waals surface area contributed by atoms with E-state index >= 15 is 0 Å². The number of alkyl halides is 3. The number of halogens is 3. The number of carbonyl (C=O) groups is 1. The molecule has 3 heterocycles. The summed E-state index contributed by atoms with van der Waals surface area (Å²) in [4.78, 5) is 22.2. The van der Waals surface area contributed by atoms with Crippen LogP contribution < -0.4 is 21.0 Å². The van der Waals surface area contributed by atoms with Gasteiger partial charge in [-0.15, -0.1) is 0 Å². The summed E-state index contributed by atoms with van der Waals surface area (Å²) in [6.07, 6.45) is 1.57. The Morgan fingerprint density at radius 1 is 1.22 bits per heavy atom. The van der Waals surface area contributed by atoms with E-state index in [1.807, 2.05) is 42.0 Å². The third-order valence-corrected chi connectivity index (χ3v) is 6.59.